The van der Waals surface area contributed by atoms with Crippen LogP contribution in [0, 0.1) is 0 Å². The van der Waals surface area contributed by atoms with Crippen LogP contribution in [-0.4, -0.2) is 16.6 Å². The summed E-state index contributed by atoms with van der Waals surface area (Å²) in [5, 5.41) is 0.831. The van der Waals surface area contributed by atoms with Crippen molar-refractivity contribution in [2.75, 3.05) is 6.61 Å². The van der Waals surface area contributed by atoms with Gasteiger partial charge in [0.2, 0.25) is 0 Å². The average molecular weight is 244 g/mol. The van der Waals surface area contributed by atoms with Crippen LogP contribution in [0.1, 0.15) is 26.2 Å². The second-order valence-corrected chi connectivity index (χ2v) is 4.09. The lowest BCUT2D eigenvalue weighted by Gasteiger charge is -2.00. The fourth-order valence-corrected chi connectivity index (χ4v) is 1.66. The first-order chi connectivity index (χ1) is 8.81. The lowest BCUT2D eigenvalue weighted by Crippen LogP contribution is -2.10. The van der Waals surface area contributed by atoms with Crippen molar-refractivity contribution in [1.82, 2.24) is 9.97 Å². The third kappa shape index (κ3) is 3.03. The van der Waals surface area contributed by atoms with Crippen molar-refractivity contribution in [3.63, 3.8) is 0 Å². The minimum Gasteiger partial charge on any atom is -0.474 e. The molecule has 0 aliphatic heterocycles. The van der Waals surface area contributed by atoms with E-state index in [0.717, 1.165) is 24.6 Å². The maximum atomic E-state index is 11.8. The maximum Gasteiger partial charge on any atom is 0.332 e. The summed E-state index contributed by atoms with van der Waals surface area (Å²) in [5.41, 5.74) is 0.228. The molecule has 0 atom stereocenters. The van der Waals surface area contributed by atoms with Gasteiger partial charge in [-0.05, 0) is 12.5 Å². The molecule has 0 bridgehead atoms. The molecule has 94 valence electrons. The Balaban J connectivity index is 2.24. The first-order valence-electron chi connectivity index (χ1n) is 6.20. The Morgan fingerprint density at radius 3 is 2.89 bits per heavy atom. The van der Waals surface area contributed by atoms with Crippen LogP contribution in [0.3, 0.4) is 0 Å². The Morgan fingerprint density at radius 2 is 2.06 bits per heavy atom. The van der Waals surface area contributed by atoms with E-state index in [0.29, 0.717) is 12.1 Å². The fourth-order valence-electron chi connectivity index (χ4n) is 1.66. The zero-order valence-electron chi connectivity index (χ0n) is 10.4. The molecule has 0 saturated heterocycles. The van der Waals surface area contributed by atoms with Crippen LogP contribution < -0.4 is 10.3 Å². The van der Waals surface area contributed by atoms with Crippen molar-refractivity contribution in [2.45, 2.75) is 26.2 Å². The number of para-hydroxylation sites is 1. The number of nitrogens with zero attached hydrogens (tertiary/aromatic N) is 2. The van der Waals surface area contributed by atoms with E-state index in [1.807, 2.05) is 18.2 Å². The Morgan fingerprint density at radius 1 is 1.22 bits per heavy atom. The normalized spacial score (nSPS) is 10.5. The molecule has 0 aliphatic rings. The van der Waals surface area contributed by atoms with Gasteiger partial charge in [0.05, 0.1) is 12.1 Å². The van der Waals surface area contributed by atoms with E-state index in [9.17, 15) is 4.79 Å². The predicted octanol–water partition coefficient (Wildman–Crippen LogP) is 2.56. The molecule has 0 spiro atoms. The number of unbranched alkanes of at least 4 members (excludes halogenated alkanes) is 2. The summed E-state index contributed by atoms with van der Waals surface area (Å²) in [7, 11) is 0. The highest BCUT2D eigenvalue weighted by Gasteiger charge is 2.03. The minimum atomic E-state index is -0.410. The lowest BCUT2D eigenvalue weighted by atomic mass is 10.2. The molecule has 0 saturated carbocycles. The molecule has 1 aromatic carbocycles. The van der Waals surface area contributed by atoms with Gasteiger partial charge in [-0.2, -0.15) is 0 Å². The molecule has 0 N–H and O–H groups in total. The molecular formula is C14H16N2O2. The monoisotopic (exact) mass is 244 g/mol. The van der Waals surface area contributed by atoms with Crippen molar-refractivity contribution in [2.24, 2.45) is 0 Å². The molecule has 0 fully saturated rings. The Hall–Kier alpha value is -1.97. The number of rotatable bonds is 5. The van der Waals surface area contributed by atoms with E-state index in [2.05, 4.69) is 16.9 Å². The van der Waals surface area contributed by atoms with E-state index >= 15 is 0 Å². The van der Waals surface area contributed by atoms with Crippen molar-refractivity contribution in [3.05, 3.63) is 40.8 Å². The van der Waals surface area contributed by atoms with Crippen LogP contribution in [-0.2, 0) is 0 Å². The first-order valence-corrected chi connectivity index (χ1v) is 6.20. The van der Waals surface area contributed by atoms with Crippen LogP contribution in [0.25, 0.3) is 10.9 Å². The summed E-state index contributed by atoms with van der Waals surface area (Å²) in [4.78, 5) is 19.9. The molecule has 0 radical (unpaired) electrons. The summed E-state index contributed by atoms with van der Waals surface area (Å²) in [6.07, 6.45) is 4.75. The third-order valence-electron chi connectivity index (χ3n) is 2.65. The van der Waals surface area contributed by atoms with Gasteiger partial charge < -0.3 is 4.74 Å². The van der Waals surface area contributed by atoms with Gasteiger partial charge in [-0.25, -0.2) is 9.97 Å². The maximum absolute atomic E-state index is 11.8. The molecule has 4 nitrogen and oxygen atoms in total. The Labute approximate surface area is 106 Å². The smallest absolute Gasteiger partial charge is 0.332 e. The van der Waals surface area contributed by atoms with E-state index in [-0.39, 0.29) is 5.88 Å². The summed E-state index contributed by atoms with van der Waals surface area (Å²) in [5.74, 6) is 0.0855. The molecule has 0 amide bonds. The van der Waals surface area contributed by atoms with Gasteiger partial charge >= 0.3 is 5.56 Å². The number of aromatic nitrogens is 2. The van der Waals surface area contributed by atoms with Crippen LogP contribution >= 0.6 is 0 Å². The molecule has 2 aromatic rings. The van der Waals surface area contributed by atoms with Gasteiger partial charge in [-0.3, -0.25) is 4.79 Å². The number of benzene rings is 1. The molecule has 1 heterocycles. The van der Waals surface area contributed by atoms with Crippen molar-refractivity contribution in [1.29, 1.82) is 0 Å². The van der Waals surface area contributed by atoms with Crippen molar-refractivity contribution in [3.8, 4) is 5.88 Å². The van der Waals surface area contributed by atoms with Gasteiger partial charge in [0, 0.05) is 11.6 Å². The van der Waals surface area contributed by atoms with Gasteiger partial charge in [-0.1, -0.05) is 38.0 Å². The van der Waals surface area contributed by atoms with Gasteiger partial charge in [0.1, 0.15) is 0 Å². The Bertz CT molecular complexity index is 584. The molecule has 0 unspecified atom stereocenters. The molecule has 2 rings (SSSR count). The summed E-state index contributed by atoms with van der Waals surface area (Å²) in [6.45, 7) is 2.63. The third-order valence-corrected chi connectivity index (χ3v) is 2.65. The fraction of sp³-hybridized carbons (Fsp3) is 0.357. The summed E-state index contributed by atoms with van der Waals surface area (Å²) in [6, 6.07) is 7.39. The highest BCUT2D eigenvalue weighted by atomic mass is 16.5. The average Bonchev–Trinajstić information content (AvgIpc) is 2.54. The zero-order valence-corrected chi connectivity index (χ0v) is 10.4. The first kappa shape index (κ1) is 12.5. The summed E-state index contributed by atoms with van der Waals surface area (Å²) >= 11 is 0. The predicted molar refractivity (Wildman–Crippen MR) is 70.8 cm³/mol. The lowest BCUT2D eigenvalue weighted by molar-refractivity contribution is 0.291. The number of hydrogen-bond donors (Lipinski definition) is 0. The van der Waals surface area contributed by atoms with Crippen molar-refractivity contribution >= 4 is 10.9 Å². The van der Waals surface area contributed by atoms with E-state index < -0.39 is 5.56 Å². The second kappa shape index (κ2) is 6.10. The van der Waals surface area contributed by atoms with E-state index in [4.69, 9.17) is 4.74 Å². The van der Waals surface area contributed by atoms with Crippen LogP contribution in [0.5, 0.6) is 5.88 Å². The van der Waals surface area contributed by atoms with E-state index in [1.54, 1.807) is 12.3 Å². The highest BCUT2D eigenvalue weighted by Crippen LogP contribution is 2.08. The largest absolute Gasteiger partial charge is 0.474 e. The van der Waals surface area contributed by atoms with Crippen molar-refractivity contribution < 1.29 is 4.74 Å². The van der Waals surface area contributed by atoms with Gasteiger partial charge in [0.15, 0.2) is 0 Å². The van der Waals surface area contributed by atoms with Gasteiger partial charge in [0.25, 0.3) is 5.88 Å². The van der Waals surface area contributed by atoms with Crippen LogP contribution in [0.15, 0.2) is 35.3 Å². The minimum absolute atomic E-state index is 0.0855. The topological polar surface area (TPSA) is 52.1 Å². The number of ether oxygens (including phenoxy) is 1. The zero-order chi connectivity index (χ0) is 12.8. The van der Waals surface area contributed by atoms with Crippen LogP contribution in [0.4, 0.5) is 0 Å². The number of hydrogen-bond acceptors (Lipinski definition) is 4. The molecule has 0 aliphatic carbocycles. The molecule has 1 aromatic heterocycles. The molecular weight excluding hydrogens is 228 g/mol. The highest BCUT2D eigenvalue weighted by molar-refractivity contribution is 5.76. The van der Waals surface area contributed by atoms with Gasteiger partial charge in [-0.15, -0.1) is 0 Å². The van der Waals surface area contributed by atoms with Crippen LogP contribution in [0.2, 0.25) is 0 Å². The quantitative estimate of drug-likeness (QED) is 0.758. The SMILES string of the molecule is CCCCCOc1ncc2ccccc2nc1=O. The summed E-state index contributed by atoms with van der Waals surface area (Å²) < 4.78 is 5.38. The second-order valence-electron chi connectivity index (χ2n) is 4.09. The Kier molecular flexibility index (Phi) is 4.23. The molecule has 18 heavy (non-hydrogen) atoms. The molecule has 4 heteroatoms. The van der Waals surface area contributed by atoms with E-state index in [1.165, 1.54) is 0 Å². The number of fused-ring (bicyclic) bond motifs is 1. The standard InChI is InChI=1S/C14H16N2O2/c1-2-3-6-9-18-14-13(17)16-12-8-5-4-7-11(12)10-15-14/h4-5,7-8,10H,2-3,6,9H2,1H3.